The molecule has 0 bridgehead atoms. The first kappa shape index (κ1) is 15.7. The highest BCUT2D eigenvalue weighted by Gasteiger charge is 2.28. The molecule has 0 aliphatic carbocycles. The van der Waals surface area contributed by atoms with Gasteiger partial charge in [0.2, 0.25) is 6.10 Å². The summed E-state index contributed by atoms with van der Waals surface area (Å²) in [6, 6.07) is 11.2. The van der Waals surface area contributed by atoms with Crippen molar-refractivity contribution < 1.29 is 14.3 Å². The van der Waals surface area contributed by atoms with E-state index in [9.17, 15) is 4.79 Å². The van der Waals surface area contributed by atoms with Crippen molar-refractivity contribution in [2.24, 2.45) is 0 Å². The smallest absolute Gasteiger partial charge is 0.264 e. The van der Waals surface area contributed by atoms with Gasteiger partial charge in [0.1, 0.15) is 6.61 Å². The van der Waals surface area contributed by atoms with Crippen molar-refractivity contribution in [3.05, 3.63) is 65.1 Å². The molecule has 25 heavy (non-hydrogen) atoms. The lowest BCUT2D eigenvalue weighted by molar-refractivity contribution is -0.130. The van der Waals surface area contributed by atoms with Gasteiger partial charge in [-0.25, -0.2) is 0 Å². The summed E-state index contributed by atoms with van der Waals surface area (Å²) >= 11 is 1.62. The van der Waals surface area contributed by atoms with Gasteiger partial charge in [-0.3, -0.25) is 9.48 Å². The second-order valence-electron chi connectivity index (χ2n) is 5.67. The molecular weight excluding hydrogens is 338 g/mol. The minimum atomic E-state index is -0.657. The Labute approximate surface area is 149 Å². The zero-order valence-electron chi connectivity index (χ0n) is 13.4. The third-order valence-electron chi connectivity index (χ3n) is 4.04. The van der Waals surface area contributed by atoms with Gasteiger partial charge < -0.3 is 14.8 Å². The average molecular weight is 355 g/mol. The Hall–Kier alpha value is -2.80. The number of carbonyl (C=O) groups is 1. The molecule has 1 N–H and O–H groups in total. The van der Waals surface area contributed by atoms with E-state index in [1.807, 2.05) is 46.6 Å². The lowest BCUT2D eigenvalue weighted by Crippen LogP contribution is -2.45. The molecule has 0 radical (unpaired) electrons. The molecular formula is C18H17N3O3S. The first-order valence-corrected chi connectivity index (χ1v) is 8.93. The Morgan fingerprint density at radius 2 is 2.20 bits per heavy atom. The zero-order chi connectivity index (χ0) is 17.1. The van der Waals surface area contributed by atoms with Gasteiger partial charge in [-0.05, 0) is 40.6 Å². The minimum absolute atomic E-state index is 0.0537. The highest BCUT2D eigenvalue weighted by Crippen LogP contribution is 2.30. The molecule has 6 nitrogen and oxygen atoms in total. The largest absolute Gasteiger partial charge is 0.485 e. The maximum absolute atomic E-state index is 12.5. The van der Waals surface area contributed by atoms with E-state index in [4.69, 9.17) is 9.47 Å². The zero-order valence-corrected chi connectivity index (χ0v) is 14.2. The van der Waals surface area contributed by atoms with Crippen LogP contribution < -0.4 is 14.8 Å². The maximum atomic E-state index is 12.5. The van der Waals surface area contributed by atoms with Gasteiger partial charge in [0.25, 0.3) is 5.91 Å². The molecule has 0 saturated carbocycles. The molecule has 128 valence electrons. The summed E-state index contributed by atoms with van der Waals surface area (Å²) in [6.07, 6.45) is 2.97. The number of hydrogen-bond donors (Lipinski definition) is 1. The van der Waals surface area contributed by atoms with Crippen LogP contribution in [0.2, 0.25) is 0 Å². The van der Waals surface area contributed by atoms with E-state index in [-0.39, 0.29) is 18.6 Å². The number of thiophene rings is 1. The van der Waals surface area contributed by atoms with Gasteiger partial charge in [-0.2, -0.15) is 16.4 Å². The summed E-state index contributed by atoms with van der Waals surface area (Å²) in [5.41, 5.74) is 1.11. The lowest BCUT2D eigenvalue weighted by atomic mass is 10.1. The van der Waals surface area contributed by atoms with Crippen LogP contribution in [0.4, 0.5) is 0 Å². The summed E-state index contributed by atoms with van der Waals surface area (Å²) < 4.78 is 13.2. The highest BCUT2D eigenvalue weighted by molar-refractivity contribution is 7.07. The number of hydrogen-bond acceptors (Lipinski definition) is 5. The summed E-state index contributed by atoms with van der Waals surface area (Å²) in [4.78, 5) is 12.5. The number of nitrogens with zero attached hydrogens (tertiary/aromatic N) is 2. The van der Waals surface area contributed by atoms with E-state index in [1.54, 1.807) is 23.6 Å². The van der Waals surface area contributed by atoms with Crippen LogP contribution in [0.25, 0.3) is 0 Å². The van der Waals surface area contributed by atoms with Crippen molar-refractivity contribution in [3.63, 3.8) is 0 Å². The second-order valence-corrected chi connectivity index (χ2v) is 6.45. The van der Waals surface area contributed by atoms with Gasteiger partial charge in [-0.15, -0.1) is 0 Å². The molecule has 2 atom stereocenters. The topological polar surface area (TPSA) is 65.4 Å². The first-order valence-electron chi connectivity index (χ1n) is 7.98. The SMILES string of the molecule is O=C(NC[C@@H](c1ccsc1)n1cccn1)[C@H]1COc2ccccc2O1. The fourth-order valence-electron chi connectivity index (χ4n) is 2.75. The molecule has 3 heterocycles. The first-order chi connectivity index (χ1) is 12.3. The number of ether oxygens (including phenoxy) is 2. The quantitative estimate of drug-likeness (QED) is 0.764. The van der Waals surface area contributed by atoms with E-state index in [0.717, 1.165) is 5.56 Å². The van der Waals surface area contributed by atoms with Crippen LogP contribution in [0.3, 0.4) is 0 Å². The molecule has 1 aliphatic heterocycles. The van der Waals surface area contributed by atoms with E-state index in [1.165, 1.54) is 0 Å². The molecule has 1 aromatic carbocycles. The average Bonchev–Trinajstić information content (AvgIpc) is 3.36. The molecule has 7 heteroatoms. The van der Waals surface area contributed by atoms with Crippen molar-refractivity contribution in [1.82, 2.24) is 15.1 Å². The predicted molar refractivity (Wildman–Crippen MR) is 94.0 cm³/mol. The maximum Gasteiger partial charge on any atom is 0.264 e. The fraction of sp³-hybridized carbons (Fsp3) is 0.222. The van der Waals surface area contributed by atoms with E-state index < -0.39 is 6.10 Å². The van der Waals surface area contributed by atoms with Gasteiger partial charge in [0.05, 0.1) is 6.04 Å². The van der Waals surface area contributed by atoms with Crippen LogP contribution in [0.5, 0.6) is 11.5 Å². The molecule has 0 spiro atoms. The number of nitrogens with one attached hydrogen (secondary N) is 1. The Balaban J connectivity index is 1.42. The third kappa shape index (κ3) is 3.36. The third-order valence-corrected chi connectivity index (χ3v) is 4.74. The van der Waals surface area contributed by atoms with Crippen molar-refractivity contribution in [2.75, 3.05) is 13.2 Å². The number of carbonyl (C=O) groups excluding carboxylic acids is 1. The molecule has 1 aliphatic rings. The summed E-state index contributed by atoms with van der Waals surface area (Å²) in [5, 5.41) is 11.3. The highest BCUT2D eigenvalue weighted by atomic mass is 32.1. The van der Waals surface area contributed by atoms with Crippen LogP contribution >= 0.6 is 11.3 Å². The van der Waals surface area contributed by atoms with Gasteiger partial charge in [0, 0.05) is 18.9 Å². The number of rotatable bonds is 5. The van der Waals surface area contributed by atoms with Crippen LogP contribution in [-0.4, -0.2) is 34.9 Å². The van der Waals surface area contributed by atoms with Gasteiger partial charge in [0.15, 0.2) is 11.5 Å². The lowest BCUT2D eigenvalue weighted by Gasteiger charge is -2.26. The molecule has 1 amide bonds. The van der Waals surface area contributed by atoms with E-state index in [0.29, 0.717) is 18.0 Å². The second kappa shape index (κ2) is 6.98. The number of aromatic nitrogens is 2. The van der Waals surface area contributed by atoms with E-state index in [2.05, 4.69) is 15.8 Å². The van der Waals surface area contributed by atoms with Crippen molar-refractivity contribution in [1.29, 1.82) is 0 Å². The monoisotopic (exact) mass is 355 g/mol. The number of amides is 1. The predicted octanol–water partition coefficient (Wildman–Crippen LogP) is 2.49. The van der Waals surface area contributed by atoms with Gasteiger partial charge in [-0.1, -0.05) is 12.1 Å². The standard InChI is InChI=1S/C18H17N3O3S/c22-18(17-11-23-15-4-1-2-5-16(15)24-17)19-10-14(13-6-9-25-12-13)21-8-3-7-20-21/h1-9,12,14,17H,10-11H2,(H,19,22)/t14-,17+/m0/s1. The van der Waals surface area contributed by atoms with Crippen LogP contribution in [0, 0.1) is 0 Å². The number of para-hydroxylation sites is 2. The molecule has 4 rings (SSSR count). The van der Waals surface area contributed by atoms with Crippen molar-refractivity contribution in [2.45, 2.75) is 12.1 Å². The summed E-state index contributed by atoms with van der Waals surface area (Å²) in [6.45, 7) is 0.631. The summed E-state index contributed by atoms with van der Waals surface area (Å²) in [5.74, 6) is 1.07. The van der Waals surface area contributed by atoms with Gasteiger partial charge >= 0.3 is 0 Å². The Kier molecular flexibility index (Phi) is 4.39. The molecule has 3 aromatic rings. The minimum Gasteiger partial charge on any atom is -0.485 e. The number of benzene rings is 1. The normalized spacial score (nSPS) is 17.0. The van der Waals surface area contributed by atoms with Crippen LogP contribution in [0.15, 0.2) is 59.6 Å². The Morgan fingerprint density at radius 1 is 1.32 bits per heavy atom. The van der Waals surface area contributed by atoms with Crippen molar-refractivity contribution >= 4 is 17.2 Å². The molecule has 2 aromatic heterocycles. The Morgan fingerprint density at radius 3 is 2.96 bits per heavy atom. The van der Waals surface area contributed by atoms with Crippen LogP contribution in [-0.2, 0) is 4.79 Å². The molecule has 0 fully saturated rings. The molecule has 0 saturated heterocycles. The number of fused-ring (bicyclic) bond motifs is 1. The van der Waals surface area contributed by atoms with Crippen molar-refractivity contribution in [3.8, 4) is 11.5 Å². The Bertz CT molecular complexity index is 799. The fourth-order valence-corrected chi connectivity index (χ4v) is 3.46. The van der Waals surface area contributed by atoms with E-state index >= 15 is 0 Å². The van der Waals surface area contributed by atoms with Crippen LogP contribution in [0.1, 0.15) is 11.6 Å². The summed E-state index contributed by atoms with van der Waals surface area (Å²) in [7, 11) is 0. The molecule has 0 unspecified atom stereocenters.